The van der Waals surface area contributed by atoms with E-state index >= 15 is 0 Å². The summed E-state index contributed by atoms with van der Waals surface area (Å²) in [5.41, 5.74) is 0. The lowest BCUT2D eigenvalue weighted by Gasteiger charge is -2.37. The first-order valence-electron chi connectivity index (χ1n) is 6.98. The van der Waals surface area contributed by atoms with Gasteiger partial charge < -0.3 is 20.4 Å². The molecule has 1 unspecified atom stereocenters. The Morgan fingerprint density at radius 1 is 1.43 bits per heavy atom. The normalized spacial score (nSPS) is 21.6. The van der Waals surface area contributed by atoms with Crippen LogP contribution in [0, 0.1) is 0 Å². The fourth-order valence-corrected chi connectivity index (χ4v) is 3.75. The summed E-state index contributed by atoms with van der Waals surface area (Å²) in [6.45, 7) is 3.06. The molecule has 2 N–H and O–H groups in total. The van der Waals surface area contributed by atoms with Gasteiger partial charge in [0.05, 0.1) is 11.4 Å². The van der Waals surface area contributed by atoms with Gasteiger partial charge in [0.15, 0.2) is 0 Å². The number of hydrogen-bond donors (Lipinski definition) is 2. The molecule has 21 heavy (non-hydrogen) atoms. The second kappa shape index (κ2) is 4.73. The van der Waals surface area contributed by atoms with E-state index in [2.05, 4.69) is 31.6 Å². The summed E-state index contributed by atoms with van der Waals surface area (Å²) < 4.78 is 0. The molecule has 2 aromatic heterocycles. The molecule has 2 aliphatic heterocycles. The number of nitrogens with one attached hydrogen (secondary N) is 2. The summed E-state index contributed by atoms with van der Waals surface area (Å²) >= 11 is 1.62. The third-order valence-corrected chi connectivity index (χ3v) is 4.87. The molecule has 7 nitrogen and oxygen atoms in total. The molecule has 8 heteroatoms. The van der Waals surface area contributed by atoms with Crippen LogP contribution in [-0.4, -0.2) is 60.2 Å². The number of nitrogens with zero attached hydrogens (tertiary/aromatic N) is 4. The van der Waals surface area contributed by atoms with E-state index in [1.54, 1.807) is 11.3 Å². The summed E-state index contributed by atoms with van der Waals surface area (Å²) in [6.07, 6.45) is 0. The van der Waals surface area contributed by atoms with Crippen LogP contribution in [0.2, 0.25) is 0 Å². The SMILES string of the molecule is CNc1nc(N2CCN3C(=O)NCC3C2)c2ccsc2n1. The Kier molecular flexibility index (Phi) is 2.85. The largest absolute Gasteiger partial charge is 0.357 e. The van der Waals surface area contributed by atoms with Crippen LogP contribution in [0.4, 0.5) is 16.6 Å². The summed E-state index contributed by atoms with van der Waals surface area (Å²) in [6, 6.07) is 2.35. The third-order valence-electron chi connectivity index (χ3n) is 4.06. The minimum atomic E-state index is 0.0546. The molecular formula is C13H16N6OS. The zero-order valence-electron chi connectivity index (χ0n) is 11.7. The van der Waals surface area contributed by atoms with Crippen LogP contribution in [0.5, 0.6) is 0 Å². The Morgan fingerprint density at radius 2 is 2.33 bits per heavy atom. The predicted molar refractivity (Wildman–Crippen MR) is 83.1 cm³/mol. The van der Waals surface area contributed by atoms with Crippen LogP contribution >= 0.6 is 11.3 Å². The fraction of sp³-hybridized carbons (Fsp3) is 0.462. The molecule has 4 rings (SSSR count). The van der Waals surface area contributed by atoms with Crippen molar-refractivity contribution in [3.8, 4) is 0 Å². The highest BCUT2D eigenvalue weighted by molar-refractivity contribution is 7.16. The predicted octanol–water partition coefficient (Wildman–Crippen LogP) is 0.947. The van der Waals surface area contributed by atoms with Crippen molar-refractivity contribution in [3.05, 3.63) is 11.4 Å². The summed E-state index contributed by atoms with van der Waals surface area (Å²) in [7, 11) is 1.83. The molecule has 0 saturated carbocycles. The smallest absolute Gasteiger partial charge is 0.317 e. The van der Waals surface area contributed by atoms with Crippen molar-refractivity contribution in [1.82, 2.24) is 20.2 Å². The first kappa shape index (κ1) is 12.6. The van der Waals surface area contributed by atoms with Crippen LogP contribution in [0.3, 0.4) is 0 Å². The summed E-state index contributed by atoms with van der Waals surface area (Å²) in [4.78, 5) is 26.0. The number of urea groups is 1. The number of amides is 2. The van der Waals surface area contributed by atoms with Crippen LogP contribution in [0.15, 0.2) is 11.4 Å². The highest BCUT2D eigenvalue weighted by atomic mass is 32.1. The molecule has 0 aromatic carbocycles. The standard InChI is InChI=1S/C13H16N6OS/c1-14-12-16-10(9-2-5-21-11(9)17-12)18-3-4-19-8(7-18)6-15-13(19)20/h2,5,8H,3-4,6-7H2,1H3,(H,15,20)(H,14,16,17). The number of carbonyl (C=O) groups is 1. The lowest BCUT2D eigenvalue weighted by Crippen LogP contribution is -2.52. The van der Waals surface area contributed by atoms with Gasteiger partial charge in [0.25, 0.3) is 0 Å². The molecule has 110 valence electrons. The Bertz CT molecular complexity index is 701. The maximum Gasteiger partial charge on any atom is 0.317 e. The van der Waals surface area contributed by atoms with E-state index < -0.39 is 0 Å². The molecule has 2 aromatic rings. The average Bonchev–Trinajstić information content (AvgIpc) is 3.12. The highest BCUT2D eigenvalue weighted by Gasteiger charge is 2.36. The molecule has 0 radical (unpaired) electrons. The van der Waals surface area contributed by atoms with Gasteiger partial charge in [-0.1, -0.05) is 0 Å². The fourth-order valence-electron chi connectivity index (χ4n) is 2.99. The molecule has 2 saturated heterocycles. The minimum Gasteiger partial charge on any atom is -0.357 e. The van der Waals surface area contributed by atoms with E-state index in [9.17, 15) is 4.79 Å². The van der Waals surface area contributed by atoms with Crippen molar-refractivity contribution in [2.24, 2.45) is 0 Å². The molecule has 2 amide bonds. The monoisotopic (exact) mass is 304 g/mol. The maximum atomic E-state index is 11.7. The molecule has 1 atom stereocenters. The molecule has 2 fully saturated rings. The maximum absolute atomic E-state index is 11.7. The van der Waals surface area contributed by atoms with Gasteiger partial charge >= 0.3 is 6.03 Å². The number of piperazine rings is 1. The van der Waals surface area contributed by atoms with Crippen molar-refractivity contribution >= 4 is 39.4 Å². The number of thiophene rings is 1. The quantitative estimate of drug-likeness (QED) is 0.864. The zero-order chi connectivity index (χ0) is 14.4. The third kappa shape index (κ3) is 1.98. The first-order chi connectivity index (χ1) is 10.3. The Hall–Kier alpha value is -2.09. The van der Waals surface area contributed by atoms with Crippen LogP contribution in [0.25, 0.3) is 10.2 Å². The van der Waals surface area contributed by atoms with E-state index in [0.717, 1.165) is 35.7 Å². The summed E-state index contributed by atoms with van der Waals surface area (Å²) in [5.74, 6) is 1.60. The van der Waals surface area contributed by atoms with Gasteiger partial charge in [0, 0.05) is 33.2 Å². The molecule has 0 aliphatic carbocycles. The average molecular weight is 304 g/mol. The Morgan fingerprint density at radius 3 is 3.19 bits per heavy atom. The number of anilines is 2. The number of aromatic nitrogens is 2. The lowest BCUT2D eigenvalue weighted by atomic mass is 10.2. The van der Waals surface area contributed by atoms with Crippen molar-refractivity contribution < 1.29 is 4.79 Å². The molecule has 0 spiro atoms. The van der Waals surface area contributed by atoms with E-state index in [-0.39, 0.29) is 12.1 Å². The molecule has 0 bridgehead atoms. The van der Waals surface area contributed by atoms with Gasteiger partial charge in [-0.3, -0.25) is 0 Å². The van der Waals surface area contributed by atoms with Gasteiger partial charge in [-0.25, -0.2) is 9.78 Å². The van der Waals surface area contributed by atoms with Gasteiger partial charge in [-0.15, -0.1) is 11.3 Å². The van der Waals surface area contributed by atoms with E-state index in [4.69, 9.17) is 0 Å². The zero-order valence-corrected chi connectivity index (χ0v) is 12.5. The number of hydrogen-bond acceptors (Lipinski definition) is 6. The molecular weight excluding hydrogens is 288 g/mol. The number of carbonyl (C=O) groups excluding carboxylic acids is 1. The van der Waals surface area contributed by atoms with Crippen LogP contribution < -0.4 is 15.5 Å². The molecule has 4 heterocycles. The van der Waals surface area contributed by atoms with Crippen LogP contribution in [-0.2, 0) is 0 Å². The Labute approximate surface area is 126 Å². The topological polar surface area (TPSA) is 73.4 Å². The van der Waals surface area contributed by atoms with Crippen molar-refractivity contribution in [3.63, 3.8) is 0 Å². The molecule has 2 aliphatic rings. The highest BCUT2D eigenvalue weighted by Crippen LogP contribution is 2.30. The number of rotatable bonds is 2. The van der Waals surface area contributed by atoms with Gasteiger partial charge in [0.2, 0.25) is 5.95 Å². The first-order valence-corrected chi connectivity index (χ1v) is 7.86. The van der Waals surface area contributed by atoms with Gasteiger partial charge in [-0.05, 0) is 11.4 Å². The number of fused-ring (bicyclic) bond motifs is 2. The van der Waals surface area contributed by atoms with Gasteiger partial charge in [-0.2, -0.15) is 4.98 Å². The van der Waals surface area contributed by atoms with E-state index in [1.807, 2.05) is 17.3 Å². The second-order valence-electron chi connectivity index (χ2n) is 5.24. The van der Waals surface area contributed by atoms with Gasteiger partial charge in [0.1, 0.15) is 10.6 Å². The summed E-state index contributed by atoms with van der Waals surface area (Å²) in [5, 5.41) is 9.06. The minimum absolute atomic E-state index is 0.0546. The Balaban J connectivity index is 1.70. The van der Waals surface area contributed by atoms with E-state index in [0.29, 0.717) is 12.5 Å². The second-order valence-corrected chi connectivity index (χ2v) is 6.13. The van der Waals surface area contributed by atoms with E-state index in [1.165, 1.54) is 0 Å². The van der Waals surface area contributed by atoms with Crippen molar-refractivity contribution in [1.29, 1.82) is 0 Å². The van der Waals surface area contributed by atoms with Crippen molar-refractivity contribution in [2.75, 3.05) is 43.4 Å². The lowest BCUT2D eigenvalue weighted by molar-refractivity contribution is 0.197. The van der Waals surface area contributed by atoms with Crippen molar-refractivity contribution in [2.45, 2.75) is 6.04 Å². The van der Waals surface area contributed by atoms with Crippen LogP contribution in [0.1, 0.15) is 0 Å².